The van der Waals surface area contributed by atoms with Crippen LogP contribution in [0.5, 0.6) is 0 Å². The number of nitriles is 1. The number of morpholine rings is 1. The average molecular weight is 339 g/mol. The normalized spacial score (nSPS) is 18.4. The van der Waals surface area contributed by atoms with E-state index in [0.29, 0.717) is 30.4 Å². The second-order valence-electron chi connectivity index (χ2n) is 6.04. The molecular formula is C17H21N7O. The van der Waals surface area contributed by atoms with Gasteiger partial charge in [-0.1, -0.05) is 0 Å². The van der Waals surface area contributed by atoms with E-state index >= 15 is 0 Å². The Kier molecular flexibility index (Phi) is 4.95. The molecule has 0 saturated carbocycles. The predicted octanol–water partition coefficient (Wildman–Crippen LogP) is 2.40. The molecule has 0 aliphatic carbocycles. The van der Waals surface area contributed by atoms with Crippen LogP contribution in [0.3, 0.4) is 0 Å². The van der Waals surface area contributed by atoms with Gasteiger partial charge in [0, 0.05) is 24.4 Å². The molecule has 2 aromatic rings. The van der Waals surface area contributed by atoms with Crippen molar-refractivity contribution in [2.45, 2.75) is 25.8 Å². The summed E-state index contributed by atoms with van der Waals surface area (Å²) in [6.45, 7) is 5.93. The smallest absolute Gasteiger partial charge is 0.143 e. The van der Waals surface area contributed by atoms with E-state index in [4.69, 9.17) is 15.1 Å². The van der Waals surface area contributed by atoms with Crippen molar-refractivity contribution in [2.75, 3.05) is 30.0 Å². The van der Waals surface area contributed by atoms with Crippen molar-refractivity contribution in [1.29, 1.82) is 10.7 Å². The van der Waals surface area contributed by atoms with Gasteiger partial charge in [0.2, 0.25) is 0 Å². The lowest BCUT2D eigenvalue weighted by molar-refractivity contribution is 0.0985. The number of aromatic nitrogens is 3. The molecule has 1 saturated heterocycles. The van der Waals surface area contributed by atoms with Gasteiger partial charge in [-0.25, -0.2) is 4.98 Å². The highest BCUT2D eigenvalue weighted by atomic mass is 16.5. The molecule has 130 valence electrons. The number of hydrogen-bond acceptors (Lipinski definition) is 7. The molecule has 2 aromatic heterocycles. The fraction of sp³-hybridized carbons (Fsp3) is 0.412. The molecule has 0 radical (unpaired) electrons. The van der Waals surface area contributed by atoms with E-state index in [9.17, 15) is 5.26 Å². The van der Waals surface area contributed by atoms with Gasteiger partial charge >= 0.3 is 0 Å². The maximum absolute atomic E-state index is 9.39. The largest absolute Gasteiger partial charge is 0.377 e. The summed E-state index contributed by atoms with van der Waals surface area (Å²) in [6, 6.07) is 6.15. The number of hydrogen-bond donors (Lipinski definition) is 3. The average Bonchev–Trinajstić information content (AvgIpc) is 3.14. The zero-order valence-electron chi connectivity index (χ0n) is 14.3. The van der Waals surface area contributed by atoms with E-state index in [2.05, 4.69) is 33.4 Å². The van der Waals surface area contributed by atoms with Gasteiger partial charge in [0.25, 0.3) is 0 Å². The third-order valence-corrected chi connectivity index (χ3v) is 4.30. The Morgan fingerprint density at radius 2 is 2.44 bits per heavy atom. The second-order valence-corrected chi connectivity index (χ2v) is 6.04. The molecular weight excluding hydrogens is 318 g/mol. The molecule has 0 spiro atoms. The number of rotatable bonds is 5. The monoisotopic (exact) mass is 339 g/mol. The highest BCUT2D eigenvalue weighted by Gasteiger charge is 2.24. The van der Waals surface area contributed by atoms with Crippen LogP contribution in [0.15, 0.2) is 18.3 Å². The van der Waals surface area contributed by atoms with Crippen molar-refractivity contribution in [3.8, 4) is 6.07 Å². The number of aromatic amines is 1. The zero-order chi connectivity index (χ0) is 17.8. The third-order valence-electron chi connectivity index (χ3n) is 4.30. The van der Waals surface area contributed by atoms with Gasteiger partial charge in [0.1, 0.15) is 17.5 Å². The van der Waals surface area contributed by atoms with Crippen LogP contribution in [0.2, 0.25) is 0 Å². The number of H-pyrrole nitrogens is 1. The molecule has 2 unspecified atom stereocenters. The summed E-state index contributed by atoms with van der Waals surface area (Å²) < 4.78 is 5.51. The van der Waals surface area contributed by atoms with Crippen LogP contribution in [0.25, 0.3) is 0 Å². The summed E-state index contributed by atoms with van der Waals surface area (Å²) >= 11 is 0. The maximum atomic E-state index is 9.39. The molecule has 8 heteroatoms. The van der Waals surface area contributed by atoms with E-state index in [1.54, 1.807) is 12.3 Å². The fourth-order valence-electron chi connectivity index (χ4n) is 2.90. The molecule has 1 aliphatic heterocycles. The maximum Gasteiger partial charge on any atom is 0.143 e. The molecule has 1 aliphatic rings. The molecule has 3 rings (SSSR count). The van der Waals surface area contributed by atoms with Gasteiger partial charge in [-0.2, -0.15) is 10.4 Å². The van der Waals surface area contributed by atoms with Gasteiger partial charge in [-0.05, 0) is 25.5 Å². The lowest BCUT2D eigenvalue weighted by Gasteiger charge is -2.35. The molecule has 25 heavy (non-hydrogen) atoms. The minimum atomic E-state index is -0.350. The standard InChI is InChI=1S/C17H21N7O/c1-11(8-18)13-7-16(24-5-6-25-10-12(24)2)22-17(14(13)9-19)21-15-3-4-20-23-15/h3-4,7,9,11-12,19H,5-6,10H2,1-2H3,(H2,20,21,22,23). The quantitative estimate of drug-likeness (QED) is 0.721. The Balaban J connectivity index is 2.09. The van der Waals surface area contributed by atoms with Crippen LogP contribution in [0.1, 0.15) is 30.9 Å². The van der Waals surface area contributed by atoms with Crippen LogP contribution in [0, 0.1) is 16.7 Å². The van der Waals surface area contributed by atoms with E-state index < -0.39 is 0 Å². The summed E-state index contributed by atoms with van der Waals surface area (Å²) in [7, 11) is 0. The van der Waals surface area contributed by atoms with Crippen molar-refractivity contribution in [2.24, 2.45) is 0 Å². The zero-order valence-corrected chi connectivity index (χ0v) is 14.3. The van der Waals surface area contributed by atoms with Crippen molar-refractivity contribution < 1.29 is 4.74 Å². The van der Waals surface area contributed by atoms with Gasteiger partial charge in [0.15, 0.2) is 0 Å². The van der Waals surface area contributed by atoms with Gasteiger partial charge in [0.05, 0.1) is 37.4 Å². The minimum Gasteiger partial charge on any atom is -0.377 e. The number of ether oxygens (including phenoxy) is 1. The summed E-state index contributed by atoms with van der Waals surface area (Å²) in [6.07, 6.45) is 2.88. The minimum absolute atomic E-state index is 0.192. The van der Waals surface area contributed by atoms with Crippen LogP contribution in [0.4, 0.5) is 17.5 Å². The molecule has 3 N–H and O–H groups in total. The first-order valence-electron chi connectivity index (χ1n) is 8.20. The lowest BCUT2D eigenvalue weighted by Crippen LogP contribution is -2.44. The fourth-order valence-corrected chi connectivity index (χ4v) is 2.90. The number of pyridine rings is 1. The molecule has 3 heterocycles. The van der Waals surface area contributed by atoms with Gasteiger partial charge < -0.3 is 20.4 Å². The molecule has 0 aromatic carbocycles. The summed E-state index contributed by atoms with van der Waals surface area (Å²) in [4.78, 5) is 6.89. The van der Waals surface area contributed by atoms with E-state index in [1.807, 2.05) is 13.0 Å². The van der Waals surface area contributed by atoms with E-state index in [1.165, 1.54) is 6.21 Å². The van der Waals surface area contributed by atoms with Crippen molar-refractivity contribution >= 4 is 23.7 Å². The van der Waals surface area contributed by atoms with Crippen molar-refractivity contribution in [1.82, 2.24) is 15.2 Å². The first-order chi connectivity index (χ1) is 12.1. The first-order valence-corrected chi connectivity index (χ1v) is 8.20. The predicted molar refractivity (Wildman–Crippen MR) is 95.6 cm³/mol. The Morgan fingerprint density at radius 3 is 3.08 bits per heavy atom. The van der Waals surface area contributed by atoms with E-state index in [-0.39, 0.29) is 12.0 Å². The molecule has 0 amide bonds. The molecule has 0 bridgehead atoms. The Morgan fingerprint density at radius 1 is 1.60 bits per heavy atom. The molecule has 2 atom stereocenters. The Hall–Kier alpha value is -2.92. The summed E-state index contributed by atoms with van der Waals surface area (Å²) in [5.41, 5.74) is 1.39. The highest BCUT2D eigenvalue weighted by Crippen LogP contribution is 2.30. The second kappa shape index (κ2) is 7.32. The Labute approximate surface area is 146 Å². The number of nitrogens with one attached hydrogen (secondary N) is 3. The lowest BCUT2D eigenvalue weighted by atomic mass is 9.97. The topological polar surface area (TPSA) is 114 Å². The molecule has 8 nitrogen and oxygen atoms in total. The van der Waals surface area contributed by atoms with Crippen molar-refractivity contribution in [3.63, 3.8) is 0 Å². The van der Waals surface area contributed by atoms with Crippen LogP contribution >= 0.6 is 0 Å². The van der Waals surface area contributed by atoms with E-state index in [0.717, 1.165) is 17.9 Å². The van der Waals surface area contributed by atoms with Crippen LogP contribution in [-0.2, 0) is 4.74 Å². The van der Waals surface area contributed by atoms with Crippen LogP contribution < -0.4 is 10.2 Å². The first kappa shape index (κ1) is 16.9. The Bertz CT molecular complexity index is 781. The van der Waals surface area contributed by atoms with Crippen LogP contribution in [-0.4, -0.2) is 47.2 Å². The SMILES string of the molecule is CC(C#N)c1cc(N2CCOCC2C)nc(Nc2ccn[nH]2)c1C=N. The number of anilines is 3. The van der Waals surface area contributed by atoms with Crippen molar-refractivity contribution in [3.05, 3.63) is 29.5 Å². The highest BCUT2D eigenvalue weighted by molar-refractivity contribution is 5.89. The van der Waals surface area contributed by atoms with Gasteiger partial charge in [-0.15, -0.1) is 0 Å². The van der Waals surface area contributed by atoms with Gasteiger partial charge in [-0.3, -0.25) is 5.10 Å². The third kappa shape index (κ3) is 3.46. The number of nitrogens with zero attached hydrogens (tertiary/aromatic N) is 4. The summed E-state index contributed by atoms with van der Waals surface area (Å²) in [5.74, 6) is 1.64. The summed E-state index contributed by atoms with van der Waals surface area (Å²) in [5, 5.41) is 27.1. The molecule has 1 fully saturated rings.